The van der Waals surface area contributed by atoms with Crippen molar-refractivity contribution >= 4 is 5.91 Å². The standard InChI is InChI=1S/C10H22N2O2/c1-8(2)11-10(14)5-6-12(4)9(3)7-13/h8-9,13H,5-7H2,1-4H3,(H,11,14). The van der Waals surface area contributed by atoms with E-state index in [9.17, 15) is 4.79 Å². The Bertz CT molecular complexity index is 172. The lowest BCUT2D eigenvalue weighted by molar-refractivity contribution is -0.122. The van der Waals surface area contributed by atoms with E-state index in [0.717, 1.165) is 0 Å². The van der Waals surface area contributed by atoms with Gasteiger partial charge in [0.05, 0.1) is 6.61 Å². The maximum absolute atomic E-state index is 11.3. The summed E-state index contributed by atoms with van der Waals surface area (Å²) in [5.41, 5.74) is 0. The van der Waals surface area contributed by atoms with Crippen LogP contribution in [0.15, 0.2) is 0 Å². The third-order valence-electron chi connectivity index (χ3n) is 2.16. The van der Waals surface area contributed by atoms with E-state index in [4.69, 9.17) is 5.11 Å². The van der Waals surface area contributed by atoms with Crippen molar-refractivity contribution in [2.75, 3.05) is 20.2 Å². The SMILES string of the molecule is CC(C)NC(=O)CCN(C)C(C)CO. The zero-order valence-electron chi connectivity index (χ0n) is 9.58. The number of nitrogens with one attached hydrogen (secondary N) is 1. The van der Waals surface area contributed by atoms with Gasteiger partial charge in [-0.15, -0.1) is 0 Å². The first-order valence-corrected chi connectivity index (χ1v) is 5.07. The summed E-state index contributed by atoms with van der Waals surface area (Å²) in [6.45, 7) is 6.62. The van der Waals surface area contributed by atoms with Crippen LogP contribution in [0.4, 0.5) is 0 Å². The smallest absolute Gasteiger partial charge is 0.221 e. The number of nitrogens with zero attached hydrogens (tertiary/aromatic N) is 1. The number of aliphatic hydroxyl groups is 1. The van der Waals surface area contributed by atoms with Crippen molar-refractivity contribution in [2.45, 2.75) is 39.3 Å². The topological polar surface area (TPSA) is 52.6 Å². The number of amides is 1. The van der Waals surface area contributed by atoms with E-state index in [1.165, 1.54) is 0 Å². The molecule has 0 heterocycles. The molecule has 0 aliphatic carbocycles. The molecular weight excluding hydrogens is 180 g/mol. The van der Waals surface area contributed by atoms with Crippen LogP contribution in [0.5, 0.6) is 0 Å². The van der Waals surface area contributed by atoms with Gasteiger partial charge in [0.25, 0.3) is 0 Å². The van der Waals surface area contributed by atoms with Crippen LogP contribution in [0.3, 0.4) is 0 Å². The van der Waals surface area contributed by atoms with Gasteiger partial charge in [0.2, 0.25) is 5.91 Å². The fourth-order valence-electron chi connectivity index (χ4n) is 1.03. The Morgan fingerprint density at radius 2 is 2.00 bits per heavy atom. The average molecular weight is 202 g/mol. The van der Waals surface area contributed by atoms with Crippen molar-refractivity contribution in [2.24, 2.45) is 0 Å². The highest BCUT2D eigenvalue weighted by molar-refractivity contribution is 5.76. The Balaban J connectivity index is 3.66. The Labute approximate surface area is 86.3 Å². The van der Waals surface area contributed by atoms with Crippen LogP contribution < -0.4 is 5.32 Å². The summed E-state index contributed by atoms with van der Waals surface area (Å²) in [6, 6.07) is 0.310. The van der Waals surface area contributed by atoms with Crippen molar-refractivity contribution in [1.29, 1.82) is 0 Å². The fraction of sp³-hybridized carbons (Fsp3) is 0.900. The van der Waals surface area contributed by atoms with E-state index in [0.29, 0.717) is 13.0 Å². The lowest BCUT2D eigenvalue weighted by Crippen LogP contribution is -2.37. The summed E-state index contributed by atoms with van der Waals surface area (Å²) >= 11 is 0. The zero-order chi connectivity index (χ0) is 11.1. The summed E-state index contributed by atoms with van der Waals surface area (Å²) in [5.74, 6) is 0.0667. The predicted molar refractivity (Wildman–Crippen MR) is 57.1 cm³/mol. The van der Waals surface area contributed by atoms with Gasteiger partial charge in [0.1, 0.15) is 0 Å². The van der Waals surface area contributed by atoms with E-state index in [1.54, 1.807) is 0 Å². The number of likely N-dealkylation sites (N-methyl/N-ethyl adjacent to an activating group) is 1. The molecule has 1 unspecified atom stereocenters. The second-order valence-electron chi connectivity index (χ2n) is 3.98. The highest BCUT2D eigenvalue weighted by atomic mass is 16.3. The molecule has 0 saturated heterocycles. The summed E-state index contributed by atoms with van der Waals surface area (Å²) in [5, 5.41) is 11.7. The lowest BCUT2D eigenvalue weighted by Gasteiger charge is -2.22. The van der Waals surface area contributed by atoms with Gasteiger partial charge in [-0.1, -0.05) is 0 Å². The van der Waals surface area contributed by atoms with Gasteiger partial charge in [-0.05, 0) is 27.8 Å². The molecule has 0 saturated carbocycles. The number of carbonyl (C=O) groups excluding carboxylic acids is 1. The predicted octanol–water partition coefficient (Wildman–Crippen LogP) is 0.214. The van der Waals surface area contributed by atoms with Crippen LogP contribution in [-0.4, -0.2) is 48.2 Å². The van der Waals surface area contributed by atoms with E-state index >= 15 is 0 Å². The average Bonchev–Trinajstić information content (AvgIpc) is 2.11. The van der Waals surface area contributed by atoms with Crippen molar-refractivity contribution in [3.8, 4) is 0 Å². The van der Waals surface area contributed by atoms with Crippen molar-refractivity contribution in [3.05, 3.63) is 0 Å². The summed E-state index contributed by atoms with van der Waals surface area (Å²) < 4.78 is 0. The van der Waals surface area contributed by atoms with E-state index < -0.39 is 0 Å². The molecule has 0 spiro atoms. The number of rotatable bonds is 6. The van der Waals surface area contributed by atoms with Gasteiger partial charge in [-0.3, -0.25) is 4.79 Å². The molecule has 0 aromatic heterocycles. The van der Waals surface area contributed by atoms with E-state index in [2.05, 4.69) is 5.32 Å². The molecule has 4 nitrogen and oxygen atoms in total. The first kappa shape index (κ1) is 13.4. The molecule has 1 amide bonds. The molecule has 0 aliphatic heterocycles. The molecule has 0 aromatic carbocycles. The maximum atomic E-state index is 11.3. The van der Waals surface area contributed by atoms with Crippen LogP contribution >= 0.6 is 0 Å². The van der Waals surface area contributed by atoms with E-state index in [-0.39, 0.29) is 24.6 Å². The second kappa shape index (κ2) is 6.79. The number of hydrogen-bond donors (Lipinski definition) is 2. The van der Waals surface area contributed by atoms with E-state index in [1.807, 2.05) is 32.7 Å². The molecule has 0 aromatic rings. The normalized spacial score (nSPS) is 13.4. The number of hydrogen-bond acceptors (Lipinski definition) is 3. The van der Waals surface area contributed by atoms with Crippen molar-refractivity contribution in [1.82, 2.24) is 10.2 Å². The highest BCUT2D eigenvalue weighted by Crippen LogP contribution is 1.95. The van der Waals surface area contributed by atoms with Crippen LogP contribution in [0, 0.1) is 0 Å². The fourth-order valence-corrected chi connectivity index (χ4v) is 1.03. The van der Waals surface area contributed by atoms with Crippen LogP contribution in [0.2, 0.25) is 0 Å². The molecule has 0 bridgehead atoms. The second-order valence-corrected chi connectivity index (χ2v) is 3.98. The van der Waals surface area contributed by atoms with Crippen molar-refractivity contribution < 1.29 is 9.90 Å². The minimum Gasteiger partial charge on any atom is -0.395 e. The van der Waals surface area contributed by atoms with Crippen LogP contribution in [0.25, 0.3) is 0 Å². The first-order chi connectivity index (χ1) is 6.47. The third-order valence-corrected chi connectivity index (χ3v) is 2.16. The van der Waals surface area contributed by atoms with Gasteiger partial charge >= 0.3 is 0 Å². The van der Waals surface area contributed by atoms with Gasteiger partial charge in [-0.25, -0.2) is 0 Å². The van der Waals surface area contributed by atoms with Gasteiger partial charge < -0.3 is 15.3 Å². The Morgan fingerprint density at radius 1 is 1.43 bits per heavy atom. The van der Waals surface area contributed by atoms with Crippen LogP contribution in [0.1, 0.15) is 27.2 Å². The summed E-state index contributed by atoms with van der Waals surface area (Å²) in [7, 11) is 1.91. The Morgan fingerprint density at radius 3 is 2.43 bits per heavy atom. The monoisotopic (exact) mass is 202 g/mol. The Hall–Kier alpha value is -0.610. The minimum absolute atomic E-state index is 0.0667. The number of carbonyl (C=O) groups is 1. The van der Waals surface area contributed by atoms with Crippen molar-refractivity contribution in [3.63, 3.8) is 0 Å². The quantitative estimate of drug-likeness (QED) is 0.647. The number of aliphatic hydroxyl groups excluding tert-OH is 1. The molecule has 1 atom stereocenters. The Kier molecular flexibility index (Phi) is 6.49. The highest BCUT2D eigenvalue weighted by Gasteiger charge is 2.09. The minimum atomic E-state index is 0.0667. The first-order valence-electron chi connectivity index (χ1n) is 5.07. The summed E-state index contributed by atoms with van der Waals surface area (Å²) in [6.07, 6.45) is 0.485. The molecule has 0 radical (unpaired) electrons. The van der Waals surface area contributed by atoms with Crippen LogP contribution in [-0.2, 0) is 4.79 Å². The molecule has 2 N–H and O–H groups in total. The summed E-state index contributed by atoms with van der Waals surface area (Å²) in [4.78, 5) is 13.2. The van der Waals surface area contributed by atoms with Gasteiger partial charge in [0.15, 0.2) is 0 Å². The molecule has 4 heteroatoms. The van der Waals surface area contributed by atoms with Gasteiger partial charge in [-0.2, -0.15) is 0 Å². The third kappa shape index (κ3) is 5.94. The molecule has 84 valence electrons. The molecule has 0 fully saturated rings. The molecule has 0 aliphatic rings. The molecule has 14 heavy (non-hydrogen) atoms. The largest absolute Gasteiger partial charge is 0.395 e. The molecular formula is C10H22N2O2. The van der Waals surface area contributed by atoms with Gasteiger partial charge in [0, 0.05) is 25.0 Å². The zero-order valence-corrected chi connectivity index (χ0v) is 9.58. The molecule has 0 rings (SSSR count). The maximum Gasteiger partial charge on any atom is 0.221 e. The lowest BCUT2D eigenvalue weighted by atomic mass is 10.2.